The topological polar surface area (TPSA) is 58.6 Å². The molecule has 0 saturated carbocycles. The maximum atomic E-state index is 13.5. The van der Waals surface area contributed by atoms with Gasteiger partial charge in [-0.3, -0.25) is 14.5 Å². The summed E-state index contributed by atoms with van der Waals surface area (Å²) in [4.78, 5) is 28.2. The predicted octanol–water partition coefficient (Wildman–Crippen LogP) is 5.01. The van der Waals surface area contributed by atoms with E-state index in [-0.39, 0.29) is 18.4 Å². The van der Waals surface area contributed by atoms with Crippen molar-refractivity contribution in [1.82, 2.24) is 4.90 Å². The fraction of sp³-hybridized carbons (Fsp3) is 0.185. The third-order valence-electron chi connectivity index (χ3n) is 5.65. The third kappa shape index (κ3) is 4.14. The summed E-state index contributed by atoms with van der Waals surface area (Å²) in [5.74, 6) is 0.0425. The van der Waals surface area contributed by atoms with Crippen molar-refractivity contribution in [3.8, 4) is 5.75 Å². The Bertz CT molecular complexity index is 1210. The highest BCUT2D eigenvalue weighted by Gasteiger charge is 2.39. The number of benzene rings is 3. The molecule has 2 amide bonds. The van der Waals surface area contributed by atoms with E-state index in [4.69, 9.17) is 4.74 Å². The Morgan fingerprint density at radius 1 is 0.812 bits per heavy atom. The third-order valence-corrected chi connectivity index (χ3v) is 5.65. The van der Waals surface area contributed by atoms with Gasteiger partial charge in [-0.1, -0.05) is 59.7 Å². The first-order valence-electron chi connectivity index (χ1n) is 10.5. The molecule has 0 aliphatic carbocycles. The molecule has 0 saturated heterocycles. The molecule has 0 unspecified atom stereocenters. The highest BCUT2D eigenvalue weighted by Crippen LogP contribution is 2.33. The van der Waals surface area contributed by atoms with Crippen LogP contribution in [0.5, 0.6) is 5.75 Å². The summed E-state index contributed by atoms with van der Waals surface area (Å²) < 4.78 is 5.24. The van der Waals surface area contributed by atoms with Gasteiger partial charge < -0.3 is 10.1 Å². The van der Waals surface area contributed by atoms with Gasteiger partial charge >= 0.3 is 0 Å². The molecule has 4 rings (SSSR count). The van der Waals surface area contributed by atoms with Gasteiger partial charge in [0, 0.05) is 5.69 Å². The second-order valence-corrected chi connectivity index (χ2v) is 8.10. The van der Waals surface area contributed by atoms with Crippen LogP contribution in [0.4, 0.5) is 5.69 Å². The van der Waals surface area contributed by atoms with Gasteiger partial charge in [-0.05, 0) is 55.7 Å². The lowest BCUT2D eigenvalue weighted by molar-refractivity contribution is -0.137. The number of rotatable bonds is 6. The van der Waals surface area contributed by atoms with Crippen LogP contribution in [0.1, 0.15) is 27.8 Å². The lowest BCUT2D eigenvalue weighted by Crippen LogP contribution is -2.32. The molecule has 32 heavy (non-hydrogen) atoms. The molecule has 0 atom stereocenters. The smallest absolute Gasteiger partial charge is 0.278 e. The molecule has 3 aromatic carbocycles. The van der Waals surface area contributed by atoms with Gasteiger partial charge in [0.25, 0.3) is 11.8 Å². The summed E-state index contributed by atoms with van der Waals surface area (Å²) in [6, 6.07) is 21.0. The Morgan fingerprint density at radius 3 is 2.09 bits per heavy atom. The van der Waals surface area contributed by atoms with Crippen LogP contribution in [0.3, 0.4) is 0 Å². The minimum atomic E-state index is -0.332. The maximum absolute atomic E-state index is 13.5. The summed E-state index contributed by atoms with van der Waals surface area (Å²) in [5.41, 5.74) is 6.29. The van der Waals surface area contributed by atoms with E-state index in [2.05, 4.69) is 5.32 Å². The van der Waals surface area contributed by atoms with Crippen LogP contribution >= 0.6 is 0 Å². The first-order valence-corrected chi connectivity index (χ1v) is 10.5. The molecule has 1 N–H and O–H groups in total. The lowest BCUT2D eigenvalue weighted by Gasteiger charge is -2.16. The van der Waals surface area contributed by atoms with Gasteiger partial charge in [0.05, 0.1) is 19.2 Å². The van der Waals surface area contributed by atoms with E-state index in [1.54, 1.807) is 31.4 Å². The van der Waals surface area contributed by atoms with Crippen molar-refractivity contribution in [1.29, 1.82) is 0 Å². The second kappa shape index (κ2) is 8.71. The number of hydrogen-bond donors (Lipinski definition) is 1. The van der Waals surface area contributed by atoms with Crippen LogP contribution in [-0.4, -0.2) is 23.8 Å². The Balaban J connectivity index is 1.74. The molecule has 1 heterocycles. The normalized spacial score (nSPS) is 13.7. The number of carbonyl (C=O) groups excluding carboxylic acids is 2. The summed E-state index contributed by atoms with van der Waals surface area (Å²) in [6.07, 6.45) is 0. The van der Waals surface area contributed by atoms with E-state index in [0.717, 1.165) is 27.9 Å². The molecule has 0 spiro atoms. The minimum absolute atomic E-state index is 0.218. The Kier molecular flexibility index (Phi) is 5.82. The summed E-state index contributed by atoms with van der Waals surface area (Å²) >= 11 is 0. The molecule has 0 aromatic heterocycles. The van der Waals surface area contributed by atoms with Crippen LogP contribution < -0.4 is 10.1 Å². The molecule has 162 valence electrons. The van der Waals surface area contributed by atoms with Crippen LogP contribution in [0.2, 0.25) is 0 Å². The van der Waals surface area contributed by atoms with Crippen molar-refractivity contribution in [3.05, 3.63) is 100 Å². The minimum Gasteiger partial charge on any atom is -0.497 e. The fourth-order valence-electron chi connectivity index (χ4n) is 3.83. The average Bonchev–Trinajstić information content (AvgIpc) is 3.01. The second-order valence-electron chi connectivity index (χ2n) is 8.10. The van der Waals surface area contributed by atoms with Crippen LogP contribution in [0.25, 0.3) is 5.57 Å². The van der Waals surface area contributed by atoms with Gasteiger partial charge in [-0.25, -0.2) is 0 Å². The first-order chi connectivity index (χ1) is 15.4. The number of aryl methyl sites for hydroxylation is 3. The van der Waals surface area contributed by atoms with E-state index in [0.29, 0.717) is 22.6 Å². The summed E-state index contributed by atoms with van der Waals surface area (Å²) in [5, 5.41) is 3.25. The number of methoxy groups -OCH3 is 1. The molecule has 5 nitrogen and oxygen atoms in total. The fourth-order valence-corrected chi connectivity index (χ4v) is 3.83. The monoisotopic (exact) mass is 426 g/mol. The number of anilines is 1. The van der Waals surface area contributed by atoms with E-state index in [9.17, 15) is 9.59 Å². The standard InChI is InChI=1S/C27H26N2O3/c1-17-5-8-20(9-6-17)16-29-26(30)24(21-10-12-22(32-4)13-11-21)25(27(29)31)28-23-14-7-18(2)15-19(23)3/h5-15,28H,16H2,1-4H3. The predicted molar refractivity (Wildman–Crippen MR) is 126 cm³/mol. The van der Waals surface area contributed by atoms with Gasteiger partial charge in [0.1, 0.15) is 11.4 Å². The quantitative estimate of drug-likeness (QED) is 0.563. The number of imide groups is 1. The van der Waals surface area contributed by atoms with E-state index in [1.165, 1.54) is 4.90 Å². The number of ether oxygens (including phenoxy) is 1. The van der Waals surface area contributed by atoms with Gasteiger partial charge in [-0.2, -0.15) is 0 Å². The average molecular weight is 427 g/mol. The summed E-state index contributed by atoms with van der Waals surface area (Å²) in [6.45, 7) is 6.22. The summed E-state index contributed by atoms with van der Waals surface area (Å²) in [7, 11) is 1.59. The van der Waals surface area contributed by atoms with Crippen molar-refractivity contribution in [2.45, 2.75) is 27.3 Å². The van der Waals surface area contributed by atoms with Crippen molar-refractivity contribution < 1.29 is 14.3 Å². The number of nitrogens with zero attached hydrogens (tertiary/aromatic N) is 1. The molecule has 0 radical (unpaired) electrons. The molecule has 1 aliphatic rings. The van der Waals surface area contributed by atoms with Crippen molar-refractivity contribution >= 4 is 23.1 Å². The Labute approximate surface area is 188 Å². The largest absolute Gasteiger partial charge is 0.497 e. The zero-order chi connectivity index (χ0) is 22.8. The molecular formula is C27H26N2O3. The highest BCUT2D eigenvalue weighted by molar-refractivity contribution is 6.36. The number of hydrogen-bond acceptors (Lipinski definition) is 4. The van der Waals surface area contributed by atoms with Crippen LogP contribution in [-0.2, 0) is 16.1 Å². The Morgan fingerprint density at radius 2 is 1.47 bits per heavy atom. The zero-order valence-corrected chi connectivity index (χ0v) is 18.7. The SMILES string of the molecule is COc1ccc(C2=C(Nc3ccc(C)cc3C)C(=O)N(Cc3ccc(C)cc3)C2=O)cc1. The molecule has 5 heteroatoms. The van der Waals surface area contributed by atoms with Gasteiger partial charge in [0.15, 0.2) is 0 Å². The van der Waals surface area contributed by atoms with E-state index < -0.39 is 0 Å². The van der Waals surface area contributed by atoms with Crippen molar-refractivity contribution in [2.75, 3.05) is 12.4 Å². The lowest BCUT2D eigenvalue weighted by atomic mass is 10.0. The van der Waals surface area contributed by atoms with Crippen LogP contribution in [0, 0.1) is 20.8 Å². The Hall–Kier alpha value is -3.86. The van der Waals surface area contributed by atoms with E-state index >= 15 is 0 Å². The molecule has 3 aromatic rings. The van der Waals surface area contributed by atoms with Crippen molar-refractivity contribution in [3.63, 3.8) is 0 Å². The van der Waals surface area contributed by atoms with Crippen LogP contribution in [0.15, 0.2) is 72.4 Å². The molecule has 0 bridgehead atoms. The van der Waals surface area contributed by atoms with Crippen molar-refractivity contribution in [2.24, 2.45) is 0 Å². The van der Waals surface area contributed by atoms with Gasteiger partial charge in [0.2, 0.25) is 0 Å². The number of nitrogens with one attached hydrogen (secondary N) is 1. The zero-order valence-electron chi connectivity index (χ0n) is 18.7. The molecular weight excluding hydrogens is 400 g/mol. The molecule has 0 fully saturated rings. The number of carbonyl (C=O) groups is 2. The van der Waals surface area contributed by atoms with E-state index in [1.807, 2.05) is 63.2 Å². The maximum Gasteiger partial charge on any atom is 0.278 e. The number of amides is 2. The van der Waals surface area contributed by atoms with Gasteiger partial charge in [-0.15, -0.1) is 0 Å². The highest BCUT2D eigenvalue weighted by atomic mass is 16.5. The molecule has 1 aliphatic heterocycles. The first kappa shape index (κ1) is 21.4.